The molecule has 6 heteroatoms. The van der Waals surface area contributed by atoms with Crippen LogP contribution in [0.3, 0.4) is 0 Å². The number of ether oxygens (including phenoxy) is 1. The number of halogens is 1. The SMILES string of the molecule is COc1ccc(CNC(=O)CCc2cc3cc(F)ccc3[nH]c2=O)cc1. The second kappa shape index (κ2) is 7.82. The van der Waals surface area contributed by atoms with Crippen molar-refractivity contribution >= 4 is 16.8 Å². The van der Waals surface area contributed by atoms with Crippen molar-refractivity contribution in [3.63, 3.8) is 0 Å². The maximum Gasteiger partial charge on any atom is 0.251 e. The summed E-state index contributed by atoms with van der Waals surface area (Å²) in [5.74, 6) is 0.235. The minimum absolute atomic E-state index is 0.153. The third kappa shape index (κ3) is 4.27. The Bertz CT molecular complexity index is 981. The molecule has 0 spiro atoms. The number of carbonyl (C=O) groups is 1. The molecule has 1 amide bonds. The molecule has 5 nitrogen and oxygen atoms in total. The van der Waals surface area contributed by atoms with Crippen molar-refractivity contribution in [2.45, 2.75) is 19.4 Å². The van der Waals surface area contributed by atoms with Gasteiger partial charge in [0.25, 0.3) is 5.56 Å². The number of fused-ring (bicyclic) bond motifs is 1. The summed E-state index contributed by atoms with van der Waals surface area (Å²) in [7, 11) is 1.60. The molecule has 3 aromatic rings. The number of carbonyl (C=O) groups excluding carboxylic acids is 1. The van der Waals surface area contributed by atoms with Gasteiger partial charge in [0.15, 0.2) is 0 Å². The van der Waals surface area contributed by atoms with Crippen LogP contribution in [-0.2, 0) is 17.8 Å². The molecule has 26 heavy (non-hydrogen) atoms. The van der Waals surface area contributed by atoms with E-state index in [2.05, 4.69) is 10.3 Å². The van der Waals surface area contributed by atoms with Crippen LogP contribution in [0.4, 0.5) is 4.39 Å². The lowest BCUT2D eigenvalue weighted by Gasteiger charge is -2.07. The molecule has 2 aromatic carbocycles. The Morgan fingerprint density at radius 1 is 1.15 bits per heavy atom. The fourth-order valence-electron chi connectivity index (χ4n) is 2.69. The van der Waals surface area contributed by atoms with Crippen LogP contribution in [0.2, 0.25) is 0 Å². The Morgan fingerprint density at radius 2 is 1.92 bits per heavy atom. The molecule has 2 N–H and O–H groups in total. The van der Waals surface area contributed by atoms with Gasteiger partial charge in [-0.1, -0.05) is 12.1 Å². The molecule has 0 aliphatic rings. The van der Waals surface area contributed by atoms with E-state index in [0.29, 0.717) is 23.0 Å². The first-order valence-corrected chi connectivity index (χ1v) is 8.26. The normalized spacial score (nSPS) is 10.7. The van der Waals surface area contributed by atoms with Crippen LogP contribution in [0.25, 0.3) is 10.9 Å². The maximum absolute atomic E-state index is 13.3. The van der Waals surface area contributed by atoms with Crippen LogP contribution in [0.15, 0.2) is 53.3 Å². The highest BCUT2D eigenvalue weighted by atomic mass is 19.1. The highest BCUT2D eigenvalue weighted by Gasteiger charge is 2.08. The first-order valence-electron chi connectivity index (χ1n) is 8.26. The molecule has 0 bridgehead atoms. The Labute approximate surface area is 149 Å². The minimum atomic E-state index is -0.368. The van der Waals surface area contributed by atoms with Gasteiger partial charge in [-0.05, 0) is 48.4 Å². The molecule has 0 radical (unpaired) electrons. The quantitative estimate of drug-likeness (QED) is 0.715. The second-order valence-electron chi connectivity index (χ2n) is 5.98. The van der Waals surface area contributed by atoms with E-state index in [0.717, 1.165) is 11.3 Å². The van der Waals surface area contributed by atoms with E-state index in [-0.39, 0.29) is 30.1 Å². The summed E-state index contributed by atoms with van der Waals surface area (Å²) in [4.78, 5) is 26.8. The number of aromatic amines is 1. The minimum Gasteiger partial charge on any atom is -0.497 e. The zero-order valence-corrected chi connectivity index (χ0v) is 14.3. The summed E-state index contributed by atoms with van der Waals surface area (Å²) >= 11 is 0. The highest BCUT2D eigenvalue weighted by molar-refractivity contribution is 5.79. The number of aryl methyl sites for hydroxylation is 1. The molecule has 0 aliphatic carbocycles. The average Bonchev–Trinajstić information content (AvgIpc) is 2.65. The van der Waals surface area contributed by atoms with Gasteiger partial charge in [0, 0.05) is 29.4 Å². The van der Waals surface area contributed by atoms with Crippen LogP contribution >= 0.6 is 0 Å². The van der Waals surface area contributed by atoms with E-state index in [1.54, 1.807) is 13.2 Å². The van der Waals surface area contributed by atoms with Crippen molar-refractivity contribution < 1.29 is 13.9 Å². The zero-order valence-electron chi connectivity index (χ0n) is 14.3. The fourth-order valence-corrected chi connectivity index (χ4v) is 2.69. The summed E-state index contributed by atoms with van der Waals surface area (Å²) in [5.41, 5.74) is 1.73. The van der Waals surface area contributed by atoms with Crippen LogP contribution in [0, 0.1) is 5.82 Å². The molecule has 0 fully saturated rings. The topological polar surface area (TPSA) is 71.2 Å². The van der Waals surface area contributed by atoms with Crippen molar-refractivity contribution in [1.82, 2.24) is 10.3 Å². The number of nitrogens with one attached hydrogen (secondary N) is 2. The van der Waals surface area contributed by atoms with E-state index in [1.807, 2.05) is 24.3 Å². The number of H-pyrrole nitrogens is 1. The number of hydrogen-bond donors (Lipinski definition) is 2. The zero-order chi connectivity index (χ0) is 18.5. The fraction of sp³-hybridized carbons (Fsp3) is 0.200. The van der Waals surface area contributed by atoms with Gasteiger partial charge in [-0.15, -0.1) is 0 Å². The van der Waals surface area contributed by atoms with Crippen LogP contribution < -0.4 is 15.6 Å². The lowest BCUT2D eigenvalue weighted by Crippen LogP contribution is -2.24. The van der Waals surface area contributed by atoms with Gasteiger partial charge in [0.2, 0.25) is 5.91 Å². The van der Waals surface area contributed by atoms with Gasteiger partial charge < -0.3 is 15.0 Å². The van der Waals surface area contributed by atoms with Crippen molar-refractivity contribution in [3.8, 4) is 5.75 Å². The maximum atomic E-state index is 13.3. The number of pyridine rings is 1. The van der Waals surface area contributed by atoms with Crippen molar-refractivity contribution in [3.05, 3.63) is 75.8 Å². The van der Waals surface area contributed by atoms with Gasteiger partial charge in [0.05, 0.1) is 7.11 Å². The van der Waals surface area contributed by atoms with Gasteiger partial charge in [-0.2, -0.15) is 0 Å². The van der Waals surface area contributed by atoms with Crippen LogP contribution in [-0.4, -0.2) is 18.0 Å². The van der Waals surface area contributed by atoms with E-state index in [4.69, 9.17) is 4.74 Å². The number of rotatable bonds is 6. The predicted octanol–water partition coefficient (Wildman–Crippen LogP) is 2.92. The number of benzene rings is 2. The van der Waals surface area contributed by atoms with Crippen molar-refractivity contribution in [2.24, 2.45) is 0 Å². The Balaban J connectivity index is 1.59. The Morgan fingerprint density at radius 3 is 2.65 bits per heavy atom. The number of hydrogen-bond acceptors (Lipinski definition) is 3. The van der Waals surface area contributed by atoms with Gasteiger partial charge in [0.1, 0.15) is 11.6 Å². The molecule has 0 saturated carbocycles. The first kappa shape index (κ1) is 17.7. The van der Waals surface area contributed by atoms with E-state index in [1.165, 1.54) is 18.2 Å². The van der Waals surface area contributed by atoms with Crippen molar-refractivity contribution in [2.75, 3.05) is 7.11 Å². The monoisotopic (exact) mass is 354 g/mol. The summed E-state index contributed by atoms with van der Waals surface area (Å²) in [6, 6.07) is 13.2. The first-order chi connectivity index (χ1) is 12.5. The van der Waals surface area contributed by atoms with Gasteiger partial charge >= 0.3 is 0 Å². The molecular weight excluding hydrogens is 335 g/mol. The highest BCUT2D eigenvalue weighted by Crippen LogP contribution is 2.14. The molecule has 3 rings (SSSR count). The molecule has 134 valence electrons. The van der Waals surface area contributed by atoms with E-state index in [9.17, 15) is 14.0 Å². The molecule has 0 saturated heterocycles. The summed E-state index contributed by atoms with van der Waals surface area (Å²) in [5, 5.41) is 3.43. The number of amides is 1. The Kier molecular flexibility index (Phi) is 5.31. The number of methoxy groups -OCH3 is 1. The number of aromatic nitrogens is 1. The predicted molar refractivity (Wildman–Crippen MR) is 97.7 cm³/mol. The van der Waals surface area contributed by atoms with E-state index >= 15 is 0 Å². The smallest absolute Gasteiger partial charge is 0.251 e. The molecule has 0 unspecified atom stereocenters. The molecular formula is C20H19FN2O3. The lowest BCUT2D eigenvalue weighted by atomic mass is 10.1. The molecule has 1 heterocycles. The third-order valence-corrected chi connectivity index (χ3v) is 4.15. The van der Waals surface area contributed by atoms with Crippen LogP contribution in [0.1, 0.15) is 17.5 Å². The molecule has 1 aromatic heterocycles. The third-order valence-electron chi connectivity index (χ3n) is 4.15. The van der Waals surface area contributed by atoms with E-state index < -0.39 is 0 Å². The van der Waals surface area contributed by atoms with Crippen molar-refractivity contribution in [1.29, 1.82) is 0 Å². The summed E-state index contributed by atoms with van der Waals surface area (Å²) < 4.78 is 18.4. The van der Waals surface area contributed by atoms with Gasteiger partial charge in [-0.3, -0.25) is 9.59 Å². The second-order valence-corrected chi connectivity index (χ2v) is 5.98. The molecule has 0 aliphatic heterocycles. The lowest BCUT2D eigenvalue weighted by molar-refractivity contribution is -0.121. The largest absolute Gasteiger partial charge is 0.497 e. The summed E-state index contributed by atoms with van der Waals surface area (Å²) in [6.45, 7) is 0.405. The summed E-state index contributed by atoms with van der Waals surface area (Å²) in [6.07, 6.45) is 0.469. The standard InChI is InChI=1S/C20H19FN2O3/c1-26-17-6-2-13(3-7-17)12-22-19(24)9-4-14-10-15-11-16(21)5-8-18(15)23-20(14)25/h2-3,5-8,10-11H,4,9,12H2,1H3,(H,22,24)(H,23,25). The Hall–Kier alpha value is -3.15. The van der Waals surface area contributed by atoms with Gasteiger partial charge in [-0.25, -0.2) is 4.39 Å². The average molecular weight is 354 g/mol. The van der Waals surface area contributed by atoms with Crippen LogP contribution in [0.5, 0.6) is 5.75 Å². The molecule has 0 atom stereocenters.